The van der Waals surface area contributed by atoms with Crippen molar-refractivity contribution in [3.8, 4) is 5.75 Å². The SMILES string of the molecule is CC(C)(C)c1ccccc1O.CC(C)c1ccccc1. The van der Waals surface area contributed by atoms with Crippen molar-refractivity contribution in [1.82, 2.24) is 0 Å². The van der Waals surface area contributed by atoms with Gasteiger partial charge in [-0.15, -0.1) is 0 Å². The highest BCUT2D eigenvalue weighted by Gasteiger charge is 2.16. The maximum absolute atomic E-state index is 9.45. The minimum absolute atomic E-state index is 0.0331. The van der Waals surface area contributed by atoms with Crippen LogP contribution in [-0.4, -0.2) is 5.11 Å². The second-order valence-corrected chi connectivity index (χ2v) is 6.33. The van der Waals surface area contributed by atoms with Gasteiger partial charge in [0.1, 0.15) is 5.75 Å². The van der Waals surface area contributed by atoms with Crippen LogP contribution in [0.2, 0.25) is 0 Å². The van der Waals surface area contributed by atoms with Gasteiger partial charge >= 0.3 is 0 Å². The van der Waals surface area contributed by atoms with Gasteiger partial charge in [0.15, 0.2) is 0 Å². The average Bonchev–Trinajstić information content (AvgIpc) is 2.39. The Morgan fingerprint density at radius 3 is 1.65 bits per heavy atom. The predicted molar refractivity (Wildman–Crippen MR) is 87.3 cm³/mol. The molecule has 2 rings (SSSR count). The molecule has 0 spiro atoms. The third-order valence-electron chi connectivity index (χ3n) is 3.18. The average molecular weight is 270 g/mol. The quantitative estimate of drug-likeness (QED) is 0.725. The van der Waals surface area contributed by atoms with Crippen LogP contribution in [0.3, 0.4) is 0 Å². The molecule has 0 unspecified atom stereocenters. The summed E-state index contributed by atoms with van der Waals surface area (Å²) in [6.45, 7) is 10.7. The fourth-order valence-electron chi connectivity index (χ4n) is 1.95. The van der Waals surface area contributed by atoms with Gasteiger partial charge in [-0.3, -0.25) is 0 Å². The molecule has 108 valence electrons. The van der Waals surface area contributed by atoms with Gasteiger partial charge in [0.25, 0.3) is 0 Å². The van der Waals surface area contributed by atoms with E-state index in [4.69, 9.17) is 0 Å². The van der Waals surface area contributed by atoms with Gasteiger partial charge in [-0.2, -0.15) is 0 Å². The lowest BCUT2D eigenvalue weighted by Crippen LogP contribution is -2.10. The van der Waals surface area contributed by atoms with E-state index < -0.39 is 0 Å². The van der Waals surface area contributed by atoms with Crippen molar-refractivity contribution in [2.75, 3.05) is 0 Å². The van der Waals surface area contributed by atoms with E-state index in [1.54, 1.807) is 6.07 Å². The van der Waals surface area contributed by atoms with Crippen LogP contribution in [0.25, 0.3) is 0 Å². The van der Waals surface area contributed by atoms with Crippen LogP contribution >= 0.6 is 0 Å². The highest BCUT2D eigenvalue weighted by Crippen LogP contribution is 2.29. The molecule has 0 atom stereocenters. The van der Waals surface area contributed by atoms with Crippen molar-refractivity contribution < 1.29 is 5.11 Å². The summed E-state index contributed by atoms with van der Waals surface area (Å²) in [5.41, 5.74) is 2.45. The highest BCUT2D eigenvalue weighted by molar-refractivity contribution is 5.36. The van der Waals surface area contributed by atoms with Crippen LogP contribution < -0.4 is 0 Å². The fraction of sp³-hybridized carbons (Fsp3) is 0.368. The summed E-state index contributed by atoms with van der Waals surface area (Å²) >= 11 is 0. The van der Waals surface area contributed by atoms with Gasteiger partial charge in [0.2, 0.25) is 0 Å². The molecule has 1 heteroatoms. The first kappa shape index (κ1) is 16.3. The Balaban J connectivity index is 0.000000204. The lowest BCUT2D eigenvalue weighted by Gasteiger charge is -2.19. The highest BCUT2D eigenvalue weighted by atomic mass is 16.3. The first-order valence-corrected chi connectivity index (χ1v) is 7.16. The first-order valence-electron chi connectivity index (χ1n) is 7.16. The maximum Gasteiger partial charge on any atom is 0.119 e. The summed E-state index contributed by atoms with van der Waals surface area (Å²) in [6.07, 6.45) is 0. The van der Waals surface area contributed by atoms with Gasteiger partial charge in [0.05, 0.1) is 0 Å². The maximum atomic E-state index is 9.45. The standard InChI is InChI=1S/C10H14O.C9H12/c1-10(2,3)8-6-4-5-7-9(8)11;1-8(2)9-6-4-3-5-7-9/h4-7,11H,1-3H3;3-8H,1-2H3. The Bertz CT molecular complexity index is 507. The number of hydrogen-bond acceptors (Lipinski definition) is 1. The van der Waals surface area contributed by atoms with Crippen LogP contribution in [0, 0.1) is 0 Å². The molecule has 2 aromatic carbocycles. The summed E-state index contributed by atoms with van der Waals surface area (Å²) in [5, 5.41) is 9.45. The molecule has 0 amide bonds. The molecule has 20 heavy (non-hydrogen) atoms. The van der Waals surface area contributed by atoms with Crippen LogP contribution in [-0.2, 0) is 5.41 Å². The van der Waals surface area contributed by atoms with E-state index in [0.29, 0.717) is 11.7 Å². The second kappa shape index (κ2) is 7.14. The summed E-state index contributed by atoms with van der Waals surface area (Å²) in [4.78, 5) is 0. The minimum Gasteiger partial charge on any atom is -0.508 e. The van der Waals surface area contributed by atoms with Gasteiger partial charge in [0, 0.05) is 0 Å². The molecule has 1 N–H and O–H groups in total. The minimum atomic E-state index is 0.0331. The molecule has 0 fully saturated rings. The van der Waals surface area contributed by atoms with Crippen LogP contribution in [0.5, 0.6) is 5.75 Å². The van der Waals surface area contributed by atoms with E-state index in [0.717, 1.165) is 5.56 Å². The lowest BCUT2D eigenvalue weighted by atomic mass is 9.86. The summed E-state index contributed by atoms with van der Waals surface area (Å²) in [6, 6.07) is 18.0. The Kier molecular flexibility index (Phi) is 5.82. The zero-order valence-electron chi connectivity index (χ0n) is 13.2. The van der Waals surface area contributed by atoms with Gasteiger partial charge < -0.3 is 5.11 Å². The number of phenolic OH excluding ortho intramolecular Hbond substituents is 1. The Hall–Kier alpha value is -1.76. The topological polar surface area (TPSA) is 20.2 Å². The van der Waals surface area contributed by atoms with E-state index in [1.165, 1.54) is 5.56 Å². The third kappa shape index (κ3) is 5.08. The van der Waals surface area contributed by atoms with Crippen LogP contribution in [0.1, 0.15) is 51.7 Å². The Morgan fingerprint density at radius 2 is 1.30 bits per heavy atom. The van der Waals surface area contributed by atoms with E-state index >= 15 is 0 Å². The van der Waals surface area contributed by atoms with Crippen molar-refractivity contribution in [3.63, 3.8) is 0 Å². The number of para-hydroxylation sites is 1. The molecule has 0 aromatic heterocycles. The van der Waals surface area contributed by atoms with Crippen LogP contribution in [0.4, 0.5) is 0 Å². The number of hydrogen-bond donors (Lipinski definition) is 1. The molecule has 0 saturated carbocycles. The van der Waals surface area contributed by atoms with Crippen LogP contribution in [0.15, 0.2) is 54.6 Å². The van der Waals surface area contributed by atoms with E-state index in [2.05, 4.69) is 58.9 Å². The van der Waals surface area contributed by atoms with Crippen molar-refractivity contribution in [1.29, 1.82) is 0 Å². The molecule has 0 aliphatic heterocycles. The molecular weight excluding hydrogens is 244 g/mol. The fourth-order valence-corrected chi connectivity index (χ4v) is 1.95. The lowest BCUT2D eigenvalue weighted by molar-refractivity contribution is 0.447. The number of phenols is 1. The molecule has 0 aliphatic carbocycles. The molecule has 0 aliphatic rings. The summed E-state index contributed by atoms with van der Waals surface area (Å²) in [7, 11) is 0. The second-order valence-electron chi connectivity index (χ2n) is 6.33. The monoisotopic (exact) mass is 270 g/mol. The van der Waals surface area contributed by atoms with E-state index in [1.807, 2.05) is 24.3 Å². The molecule has 1 nitrogen and oxygen atoms in total. The van der Waals surface area contributed by atoms with Crippen molar-refractivity contribution in [3.05, 3.63) is 65.7 Å². The first-order chi connectivity index (χ1) is 9.32. The largest absolute Gasteiger partial charge is 0.508 e. The van der Waals surface area contributed by atoms with E-state index in [-0.39, 0.29) is 5.41 Å². The molecule has 2 aromatic rings. The Morgan fingerprint density at radius 1 is 0.800 bits per heavy atom. The zero-order valence-corrected chi connectivity index (χ0v) is 13.2. The smallest absolute Gasteiger partial charge is 0.119 e. The van der Waals surface area contributed by atoms with E-state index in [9.17, 15) is 5.11 Å². The third-order valence-corrected chi connectivity index (χ3v) is 3.18. The van der Waals surface area contributed by atoms with Gasteiger partial charge in [-0.05, 0) is 28.5 Å². The summed E-state index contributed by atoms with van der Waals surface area (Å²) in [5.74, 6) is 1.05. The summed E-state index contributed by atoms with van der Waals surface area (Å²) < 4.78 is 0. The van der Waals surface area contributed by atoms with Gasteiger partial charge in [-0.25, -0.2) is 0 Å². The number of aromatic hydroxyl groups is 1. The van der Waals surface area contributed by atoms with Crippen molar-refractivity contribution in [2.24, 2.45) is 0 Å². The molecule has 0 radical (unpaired) electrons. The molecular formula is C19H26O. The van der Waals surface area contributed by atoms with Crippen molar-refractivity contribution >= 4 is 0 Å². The molecule has 0 saturated heterocycles. The molecule has 0 bridgehead atoms. The number of benzene rings is 2. The zero-order chi connectivity index (χ0) is 15.2. The Labute approximate surface area is 123 Å². The normalized spacial score (nSPS) is 10.9. The van der Waals surface area contributed by atoms with Crippen molar-refractivity contribution in [2.45, 2.75) is 46.0 Å². The molecule has 0 heterocycles. The van der Waals surface area contributed by atoms with Gasteiger partial charge in [-0.1, -0.05) is 83.1 Å². The predicted octanol–water partition coefficient (Wildman–Crippen LogP) is 5.50. The number of rotatable bonds is 1.